The van der Waals surface area contributed by atoms with Crippen LogP contribution in [-0.2, 0) is 11.3 Å². The summed E-state index contributed by atoms with van der Waals surface area (Å²) in [6.45, 7) is 3.46. The molecule has 7 heteroatoms. The molecule has 1 aliphatic heterocycles. The molecule has 2 aromatic rings. The number of rotatable bonds is 4. The topological polar surface area (TPSA) is 78.7 Å². The second-order valence-electron chi connectivity index (χ2n) is 5.82. The van der Waals surface area contributed by atoms with Gasteiger partial charge in [0.05, 0.1) is 17.3 Å². The molecule has 1 saturated heterocycles. The van der Waals surface area contributed by atoms with Crippen LogP contribution < -0.4 is 10.5 Å². The van der Waals surface area contributed by atoms with E-state index in [1.54, 1.807) is 12.1 Å². The van der Waals surface area contributed by atoms with Crippen LogP contribution in [0.1, 0.15) is 6.42 Å². The summed E-state index contributed by atoms with van der Waals surface area (Å²) in [5.74, 6) is -0.350. The van der Waals surface area contributed by atoms with E-state index in [2.05, 4.69) is 21.8 Å². The van der Waals surface area contributed by atoms with Gasteiger partial charge in [-0.3, -0.25) is 14.2 Å². The van der Waals surface area contributed by atoms with Crippen LogP contribution in [0.3, 0.4) is 0 Å². The number of likely N-dealkylation sites (N-methyl/N-ethyl adjacent to an activating group) is 1. The average molecular weight is 316 g/mol. The number of fused-ring (bicyclic) bond motifs is 1. The minimum Gasteiger partial charge on any atom is -0.481 e. The highest BCUT2D eigenvalue weighted by Gasteiger charge is 2.21. The Kier molecular flexibility index (Phi) is 4.29. The molecule has 0 saturated carbocycles. The Morgan fingerprint density at radius 1 is 1.22 bits per heavy atom. The van der Waals surface area contributed by atoms with Crippen molar-refractivity contribution in [1.29, 1.82) is 0 Å². The standard InChI is InChI=1S/C16H20N4O3/c1-18-8-10-19(11-9-18)16-17-13-5-3-2-4-12(13)15(23)20(16)7-6-14(21)22/h2-5H,6-11H2,1H3,(H,21,22). The van der Waals surface area contributed by atoms with Gasteiger partial charge in [0, 0.05) is 32.7 Å². The van der Waals surface area contributed by atoms with Gasteiger partial charge in [0.1, 0.15) is 0 Å². The van der Waals surface area contributed by atoms with Gasteiger partial charge >= 0.3 is 5.97 Å². The molecule has 0 radical (unpaired) electrons. The van der Waals surface area contributed by atoms with Gasteiger partial charge in [-0.2, -0.15) is 0 Å². The van der Waals surface area contributed by atoms with E-state index >= 15 is 0 Å². The zero-order valence-electron chi connectivity index (χ0n) is 13.1. The van der Waals surface area contributed by atoms with Crippen molar-refractivity contribution in [2.75, 3.05) is 38.1 Å². The average Bonchev–Trinajstić information content (AvgIpc) is 2.54. The van der Waals surface area contributed by atoms with Gasteiger partial charge in [-0.1, -0.05) is 12.1 Å². The van der Waals surface area contributed by atoms with Crippen molar-refractivity contribution in [3.63, 3.8) is 0 Å². The predicted molar refractivity (Wildman–Crippen MR) is 88.0 cm³/mol. The summed E-state index contributed by atoms with van der Waals surface area (Å²) in [4.78, 5) is 32.6. The first kappa shape index (κ1) is 15.5. The monoisotopic (exact) mass is 316 g/mol. The SMILES string of the molecule is CN1CCN(c2nc3ccccc3c(=O)n2CCC(=O)O)CC1. The van der Waals surface area contributed by atoms with Gasteiger partial charge in [0.25, 0.3) is 5.56 Å². The molecule has 0 amide bonds. The van der Waals surface area contributed by atoms with Crippen LogP contribution in [-0.4, -0.2) is 58.8 Å². The van der Waals surface area contributed by atoms with Gasteiger partial charge in [0.15, 0.2) is 0 Å². The Morgan fingerprint density at radius 3 is 2.61 bits per heavy atom. The lowest BCUT2D eigenvalue weighted by Crippen LogP contribution is -2.47. The van der Waals surface area contributed by atoms with Gasteiger partial charge in [-0.05, 0) is 19.2 Å². The lowest BCUT2D eigenvalue weighted by molar-refractivity contribution is -0.137. The van der Waals surface area contributed by atoms with Crippen LogP contribution in [0.15, 0.2) is 29.1 Å². The molecule has 0 spiro atoms. The number of piperazine rings is 1. The summed E-state index contributed by atoms with van der Waals surface area (Å²) >= 11 is 0. The number of aromatic nitrogens is 2. The maximum absolute atomic E-state index is 12.8. The molecule has 1 fully saturated rings. The molecule has 1 aromatic carbocycles. The second kappa shape index (κ2) is 6.37. The molecule has 1 aliphatic rings. The Morgan fingerprint density at radius 2 is 1.91 bits per heavy atom. The lowest BCUT2D eigenvalue weighted by Gasteiger charge is -2.34. The van der Waals surface area contributed by atoms with Crippen molar-refractivity contribution < 1.29 is 9.90 Å². The summed E-state index contributed by atoms with van der Waals surface area (Å²) < 4.78 is 1.50. The van der Waals surface area contributed by atoms with E-state index in [0.717, 1.165) is 26.2 Å². The molecule has 7 nitrogen and oxygen atoms in total. The van der Waals surface area contributed by atoms with E-state index in [1.807, 2.05) is 12.1 Å². The van der Waals surface area contributed by atoms with Gasteiger partial charge in [-0.25, -0.2) is 4.98 Å². The van der Waals surface area contributed by atoms with E-state index in [9.17, 15) is 9.59 Å². The quantitative estimate of drug-likeness (QED) is 0.891. The number of para-hydroxylation sites is 1. The maximum atomic E-state index is 12.8. The van der Waals surface area contributed by atoms with Gasteiger partial charge in [0.2, 0.25) is 5.95 Å². The van der Waals surface area contributed by atoms with E-state index in [-0.39, 0.29) is 18.5 Å². The number of benzene rings is 1. The van der Waals surface area contributed by atoms with E-state index in [1.165, 1.54) is 4.57 Å². The van der Waals surface area contributed by atoms with Crippen LogP contribution in [0.4, 0.5) is 5.95 Å². The van der Waals surface area contributed by atoms with Crippen LogP contribution in [0.5, 0.6) is 0 Å². The smallest absolute Gasteiger partial charge is 0.305 e. The number of anilines is 1. The normalized spacial score (nSPS) is 16.0. The lowest BCUT2D eigenvalue weighted by atomic mass is 10.2. The fourth-order valence-electron chi connectivity index (χ4n) is 2.81. The van der Waals surface area contributed by atoms with Crippen LogP contribution in [0, 0.1) is 0 Å². The highest BCUT2D eigenvalue weighted by atomic mass is 16.4. The third kappa shape index (κ3) is 3.19. The fourth-order valence-corrected chi connectivity index (χ4v) is 2.81. The predicted octanol–water partition coefficient (Wildman–Crippen LogP) is 0.623. The minimum atomic E-state index is -0.922. The number of hydrogen-bond donors (Lipinski definition) is 1. The molecule has 0 bridgehead atoms. The number of hydrogen-bond acceptors (Lipinski definition) is 5. The van der Waals surface area contributed by atoms with Crippen LogP contribution in [0.2, 0.25) is 0 Å². The molecule has 0 unspecified atom stereocenters. The summed E-state index contributed by atoms with van der Waals surface area (Å²) in [5.41, 5.74) is 0.476. The fraction of sp³-hybridized carbons (Fsp3) is 0.438. The molecule has 3 rings (SSSR count). The number of carboxylic acids is 1. The number of nitrogens with zero attached hydrogens (tertiary/aromatic N) is 4. The summed E-state index contributed by atoms with van der Waals surface area (Å²) in [5, 5.41) is 9.48. The first-order chi connectivity index (χ1) is 11.1. The van der Waals surface area contributed by atoms with Crippen molar-refractivity contribution in [2.45, 2.75) is 13.0 Å². The Labute approximate surface area is 133 Å². The van der Waals surface area contributed by atoms with Gasteiger partial charge < -0.3 is 14.9 Å². The minimum absolute atomic E-state index is 0.0966. The first-order valence-electron chi connectivity index (χ1n) is 7.71. The Hall–Kier alpha value is -2.41. The van der Waals surface area contributed by atoms with Crippen LogP contribution in [0.25, 0.3) is 10.9 Å². The largest absolute Gasteiger partial charge is 0.481 e. The molecule has 2 heterocycles. The van der Waals surface area contributed by atoms with Gasteiger partial charge in [-0.15, -0.1) is 0 Å². The van der Waals surface area contributed by atoms with Crippen molar-refractivity contribution in [2.24, 2.45) is 0 Å². The Bertz CT molecular complexity index is 778. The molecule has 1 aromatic heterocycles. The zero-order valence-corrected chi connectivity index (χ0v) is 13.1. The summed E-state index contributed by atoms with van der Waals surface area (Å²) in [7, 11) is 2.06. The highest BCUT2D eigenvalue weighted by Crippen LogP contribution is 2.17. The zero-order chi connectivity index (χ0) is 16.4. The Balaban J connectivity index is 2.07. The third-order valence-electron chi connectivity index (χ3n) is 4.18. The molecule has 1 N–H and O–H groups in total. The van der Waals surface area contributed by atoms with E-state index in [4.69, 9.17) is 5.11 Å². The maximum Gasteiger partial charge on any atom is 0.305 e. The summed E-state index contributed by atoms with van der Waals surface area (Å²) in [6.07, 6.45) is -0.0966. The number of aliphatic carboxylic acids is 1. The summed E-state index contributed by atoms with van der Waals surface area (Å²) in [6, 6.07) is 7.19. The molecular weight excluding hydrogens is 296 g/mol. The second-order valence-corrected chi connectivity index (χ2v) is 5.82. The number of carboxylic acid groups (broad SMARTS) is 1. The van der Waals surface area contributed by atoms with E-state index in [0.29, 0.717) is 16.9 Å². The molecular formula is C16H20N4O3. The molecule has 0 aliphatic carbocycles. The number of carbonyl (C=O) groups is 1. The molecule has 23 heavy (non-hydrogen) atoms. The van der Waals surface area contributed by atoms with Crippen molar-refractivity contribution in [1.82, 2.24) is 14.5 Å². The molecule has 0 atom stereocenters. The van der Waals surface area contributed by atoms with Crippen LogP contribution >= 0.6 is 0 Å². The van der Waals surface area contributed by atoms with Crippen molar-refractivity contribution in [3.05, 3.63) is 34.6 Å². The third-order valence-corrected chi connectivity index (χ3v) is 4.18. The first-order valence-corrected chi connectivity index (χ1v) is 7.71. The molecule has 122 valence electrons. The van der Waals surface area contributed by atoms with E-state index < -0.39 is 5.97 Å². The highest BCUT2D eigenvalue weighted by molar-refractivity contribution is 5.78. The van der Waals surface area contributed by atoms with Crippen molar-refractivity contribution in [3.8, 4) is 0 Å². The van der Waals surface area contributed by atoms with Crippen molar-refractivity contribution >= 4 is 22.8 Å².